The largest absolute Gasteiger partial charge is 0.489 e. The molecule has 134 valence electrons. The summed E-state index contributed by atoms with van der Waals surface area (Å²) in [6.07, 6.45) is 0. The van der Waals surface area contributed by atoms with Crippen molar-refractivity contribution in [2.24, 2.45) is 0 Å². The van der Waals surface area contributed by atoms with Crippen molar-refractivity contribution in [3.05, 3.63) is 92.4 Å². The molecule has 3 rings (SSSR count). The van der Waals surface area contributed by atoms with E-state index >= 15 is 0 Å². The molecule has 0 radical (unpaired) electrons. The SMILES string of the molecule is Cc1ccc(NCc2ccc(OCc3ccc(Cl)cc3Cl)cc2)cc1Cl. The van der Waals surface area contributed by atoms with Crippen molar-refractivity contribution < 1.29 is 4.74 Å². The van der Waals surface area contributed by atoms with Crippen LogP contribution in [0.2, 0.25) is 15.1 Å². The minimum Gasteiger partial charge on any atom is -0.489 e. The number of benzene rings is 3. The average molecular weight is 407 g/mol. The molecule has 0 atom stereocenters. The first-order valence-corrected chi connectivity index (χ1v) is 9.30. The molecule has 0 heterocycles. The minimum absolute atomic E-state index is 0.398. The van der Waals surface area contributed by atoms with Gasteiger partial charge in [-0.25, -0.2) is 0 Å². The lowest BCUT2D eigenvalue weighted by Gasteiger charge is -2.10. The van der Waals surface area contributed by atoms with Gasteiger partial charge in [0.1, 0.15) is 12.4 Å². The molecule has 0 aliphatic heterocycles. The number of rotatable bonds is 6. The first kappa shape index (κ1) is 18.9. The Morgan fingerprint density at radius 1 is 0.846 bits per heavy atom. The highest BCUT2D eigenvalue weighted by molar-refractivity contribution is 6.35. The van der Waals surface area contributed by atoms with E-state index in [1.807, 2.05) is 55.5 Å². The summed E-state index contributed by atoms with van der Waals surface area (Å²) in [7, 11) is 0. The zero-order chi connectivity index (χ0) is 18.5. The van der Waals surface area contributed by atoms with Crippen molar-refractivity contribution in [2.45, 2.75) is 20.1 Å². The first-order chi connectivity index (χ1) is 12.5. The van der Waals surface area contributed by atoms with Gasteiger partial charge in [0.2, 0.25) is 0 Å². The number of hydrogen-bond acceptors (Lipinski definition) is 2. The van der Waals surface area contributed by atoms with E-state index in [0.717, 1.165) is 33.1 Å². The summed E-state index contributed by atoms with van der Waals surface area (Å²) < 4.78 is 5.79. The van der Waals surface area contributed by atoms with Gasteiger partial charge in [0.15, 0.2) is 0 Å². The molecule has 0 aliphatic rings. The van der Waals surface area contributed by atoms with E-state index in [2.05, 4.69) is 5.32 Å². The van der Waals surface area contributed by atoms with Crippen LogP contribution in [0.5, 0.6) is 5.75 Å². The maximum Gasteiger partial charge on any atom is 0.119 e. The Kier molecular flexibility index (Phi) is 6.31. The van der Waals surface area contributed by atoms with E-state index in [9.17, 15) is 0 Å². The fourth-order valence-corrected chi connectivity index (χ4v) is 3.05. The maximum atomic E-state index is 6.16. The van der Waals surface area contributed by atoms with Crippen molar-refractivity contribution >= 4 is 40.5 Å². The second-order valence-electron chi connectivity index (χ2n) is 5.99. The van der Waals surface area contributed by atoms with Crippen molar-refractivity contribution in [1.82, 2.24) is 0 Å². The number of aryl methyl sites for hydroxylation is 1. The predicted octanol–water partition coefficient (Wildman–Crippen LogP) is 7.15. The summed E-state index contributed by atoms with van der Waals surface area (Å²) in [5.41, 5.74) is 4.12. The van der Waals surface area contributed by atoms with Crippen molar-refractivity contribution in [3.8, 4) is 5.75 Å². The van der Waals surface area contributed by atoms with Gasteiger partial charge in [0, 0.05) is 32.9 Å². The van der Waals surface area contributed by atoms with Crippen LogP contribution in [-0.2, 0) is 13.2 Å². The molecule has 2 nitrogen and oxygen atoms in total. The van der Waals surface area contributed by atoms with Crippen molar-refractivity contribution in [2.75, 3.05) is 5.32 Å². The van der Waals surface area contributed by atoms with Crippen LogP contribution in [0.25, 0.3) is 0 Å². The monoisotopic (exact) mass is 405 g/mol. The molecule has 0 fully saturated rings. The zero-order valence-corrected chi connectivity index (χ0v) is 16.5. The topological polar surface area (TPSA) is 21.3 Å². The lowest BCUT2D eigenvalue weighted by molar-refractivity contribution is 0.306. The van der Waals surface area contributed by atoms with Crippen LogP contribution in [0.4, 0.5) is 5.69 Å². The van der Waals surface area contributed by atoms with E-state index < -0.39 is 0 Å². The standard InChI is InChI=1S/C21H18Cl3NO/c1-14-2-7-18(11-20(14)23)25-12-15-3-8-19(9-4-15)26-13-16-5-6-17(22)10-21(16)24/h2-11,25H,12-13H2,1H3. The predicted molar refractivity (Wildman–Crippen MR) is 111 cm³/mol. The van der Waals surface area contributed by atoms with E-state index in [4.69, 9.17) is 39.5 Å². The Morgan fingerprint density at radius 3 is 2.31 bits per heavy atom. The van der Waals surface area contributed by atoms with Crippen LogP contribution in [0.15, 0.2) is 60.7 Å². The highest BCUT2D eigenvalue weighted by Gasteiger charge is 2.03. The molecule has 0 spiro atoms. The van der Waals surface area contributed by atoms with E-state index in [-0.39, 0.29) is 0 Å². The summed E-state index contributed by atoms with van der Waals surface area (Å²) in [6.45, 7) is 3.10. The Bertz CT molecular complexity index is 894. The van der Waals surface area contributed by atoms with Gasteiger partial charge < -0.3 is 10.1 Å². The Hall–Kier alpha value is -1.87. The molecule has 3 aromatic rings. The highest BCUT2D eigenvalue weighted by atomic mass is 35.5. The molecule has 0 amide bonds. The lowest BCUT2D eigenvalue weighted by Crippen LogP contribution is -2.00. The second kappa shape index (κ2) is 8.68. The first-order valence-electron chi connectivity index (χ1n) is 8.17. The van der Waals surface area contributed by atoms with Crippen molar-refractivity contribution in [3.63, 3.8) is 0 Å². The third-order valence-electron chi connectivity index (χ3n) is 4.00. The number of ether oxygens (including phenoxy) is 1. The number of halogens is 3. The molecule has 0 aliphatic carbocycles. The van der Waals surface area contributed by atoms with Gasteiger partial charge in [-0.2, -0.15) is 0 Å². The summed E-state index contributed by atoms with van der Waals surface area (Å²) >= 11 is 18.2. The van der Waals surface area contributed by atoms with Crippen LogP contribution >= 0.6 is 34.8 Å². The highest BCUT2D eigenvalue weighted by Crippen LogP contribution is 2.23. The average Bonchev–Trinajstić information content (AvgIpc) is 2.63. The van der Waals surface area contributed by atoms with Crippen LogP contribution < -0.4 is 10.1 Å². The fourth-order valence-electron chi connectivity index (χ4n) is 2.41. The molecule has 5 heteroatoms. The van der Waals surface area contributed by atoms with E-state index in [1.165, 1.54) is 0 Å². The third-order valence-corrected chi connectivity index (χ3v) is 5.00. The molecule has 3 aromatic carbocycles. The third kappa shape index (κ3) is 5.07. The number of nitrogens with one attached hydrogen (secondary N) is 1. The molecular formula is C21H18Cl3NO. The molecule has 0 saturated carbocycles. The normalized spacial score (nSPS) is 10.6. The van der Waals surface area contributed by atoms with E-state index in [1.54, 1.807) is 12.1 Å². The second-order valence-corrected chi connectivity index (χ2v) is 7.24. The van der Waals surface area contributed by atoms with Gasteiger partial charge >= 0.3 is 0 Å². The van der Waals surface area contributed by atoms with E-state index in [0.29, 0.717) is 23.2 Å². The van der Waals surface area contributed by atoms with Crippen LogP contribution in [-0.4, -0.2) is 0 Å². The molecule has 1 N–H and O–H groups in total. The Morgan fingerprint density at radius 2 is 1.62 bits per heavy atom. The maximum absolute atomic E-state index is 6.16. The Balaban J connectivity index is 1.55. The smallest absolute Gasteiger partial charge is 0.119 e. The van der Waals surface area contributed by atoms with Crippen molar-refractivity contribution in [1.29, 1.82) is 0 Å². The van der Waals surface area contributed by atoms with Gasteiger partial charge in [0.25, 0.3) is 0 Å². The Labute approximate surface area is 168 Å². The molecule has 26 heavy (non-hydrogen) atoms. The summed E-state index contributed by atoms with van der Waals surface area (Å²) in [5, 5.41) is 5.35. The van der Waals surface area contributed by atoms with Crippen LogP contribution in [0.1, 0.15) is 16.7 Å². The minimum atomic E-state index is 0.398. The summed E-state index contributed by atoms with van der Waals surface area (Å²) in [6, 6.07) is 19.3. The van der Waals surface area contributed by atoms with Gasteiger partial charge in [-0.1, -0.05) is 59.1 Å². The lowest BCUT2D eigenvalue weighted by atomic mass is 10.2. The summed E-state index contributed by atoms with van der Waals surface area (Å²) in [5.74, 6) is 0.790. The molecule has 0 unspecified atom stereocenters. The molecular weight excluding hydrogens is 389 g/mol. The van der Waals surface area contributed by atoms with Crippen LogP contribution in [0, 0.1) is 6.92 Å². The number of hydrogen-bond donors (Lipinski definition) is 1. The molecule has 0 aromatic heterocycles. The quantitative estimate of drug-likeness (QED) is 0.469. The summed E-state index contributed by atoms with van der Waals surface area (Å²) in [4.78, 5) is 0. The zero-order valence-electron chi connectivity index (χ0n) is 14.2. The van der Waals surface area contributed by atoms with Gasteiger partial charge in [-0.3, -0.25) is 0 Å². The van der Waals surface area contributed by atoms with Crippen LogP contribution in [0.3, 0.4) is 0 Å². The van der Waals surface area contributed by atoms with Gasteiger partial charge in [-0.15, -0.1) is 0 Å². The molecule has 0 bridgehead atoms. The molecule has 0 saturated heterocycles. The van der Waals surface area contributed by atoms with Gasteiger partial charge in [-0.05, 0) is 54.4 Å². The fraction of sp³-hybridized carbons (Fsp3) is 0.143. The van der Waals surface area contributed by atoms with Gasteiger partial charge in [0.05, 0.1) is 0 Å². The number of anilines is 1.